The van der Waals surface area contributed by atoms with Gasteiger partial charge in [-0.05, 0) is 12.1 Å². The van der Waals surface area contributed by atoms with Crippen molar-refractivity contribution in [1.29, 1.82) is 0 Å². The minimum Gasteiger partial charge on any atom is -0.293 e. The second-order valence-corrected chi connectivity index (χ2v) is 6.41. The molecule has 0 bridgehead atoms. The Morgan fingerprint density at radius 2 is 1.45 bits per heavy atom. The van der Waals surface area contributed by atoms with E-state index in [1.54, 1.807) is 48.5 Å². The van der Waals surface area contributed by atoms with Gasteiger partial charge in [0.2, 0.25) is 10.0 Å². The summed E-state index contributed by atoms with van der Waals surface area (Å²) in [6.45, 7) is -0.179. The van der Waals surface area contributed by atoms with Crippen molar-refractivity contribution in [2.45, 2.75) is 4.90 Å². The van der Waals surface area contributed by atoms with Crippen LogP contribution >= 0.6 is 0 Å². The molecule has 2 aromatic carbocycles. The van der Waals surface area contributed by atoms with Crippen LogP contribution < -0.4 is 0 Å². The number of hydrogen-bond donors (Lipinski definition) is 0. The first kappa shape index (κ1) is 14.4. The van der Waals surface area contributed by atoms with Crippen LogP contribution in [-0.2, 0) is 10.0 Å². The van der Waals surface area contributed by atoms with Gasteiger partial charge < -0.3 is 0 Å². The Labute approximate surface area is 118 Å². The number of benzene rings is 2. The van der Waals surface area contributed by atoms with Gasteiger partial charge in [-0.2, -0.15) is 4.31 Å². The van der Waals surface area contributed by atoms with E-state index in [2.05, 4.69) is 0 Å². The van der Waals surface area contributed by atoms with Crippen molar-refractivity contribution < 1.29 is 13.2 Å². The van der Waals surface area contributed by atoms with Crippen LogP contribution in [0, 0.1) is 0 Å². The molecule has 0 heterocycles. The molecule has 0 aliphatic carbocycles. The smallest absolute Gasteiger partial charge is 0.243 e. The van der Waals surface area contributed by atoms with Gasteiger partial charge in [0.15, 0.2) is 5.78 Å². The summed E-state index contributed by atoms with van der Waals surface area (Å²) in [5, 5.41) is 0. The number of carbonyl (C=O) groups is 1. The van der Waals surface area contributed by atoms with E-state index in [4.69, 9.17) is 0 Å². The Morgan fingerprint density at radius 3 is 2.00 bits per heavy atom. The first-order chi connectivity index (χ1) is 9.51. The van der Waals surface area contributed by atoms with E-state index in [1.807, 2.05) is 0 Å². The lowest BCUT2D eigenvalue weighted by Gasteiger charge is -2.16. The van der Waals surface area contributed by atoms with Crippen LogP contribution in [0.25, 0.3) is 0 Å². The fourth-order valence-electron chi connectivity index (χ4n) is 1.77. The molecule has 0 N–H and O–H groups in total. The normalized spacial score (nSPS) is 11.5. The molecule has 0 aliphatic rings. The average Bonchev–Trinajstić information content (AvgIpc) is 2.49. The number of rotatable bonds is 5. The zero-order valence-electron chi connectivity index (χ0n) is 11.1. The molecule has 0 fully saturated rings. The van der Waals surface area contributed by atoms with Crippen molar-refractivity contribution in [2.24, 2.45) is 0 Å². The fraction of sp³-hybridized carbons (Fsp3) is 0.133. The van der Waals surface area contributed by atoms with Gasteiger partial charge >= 0.3 is 0 Å². The molecule has 0 aromatic heterocycles. The third kappa shape index (κ3) is 3.12. The molecule has 104 valence electrons. The predicted molar refractivity (Wildman–Crippen MR) is 77.0 cm³/mol. The molecule has 0 radical (unpaired) electrons. The lowest BCUT2D eigenvalue weighted by Crippen LogP contribution is -2.32. The van der Waals surface area contributed by atoms with Crippen molar-refractivity contribution >= 4 is 15.8 Å². The SMILES string of the molecule is CN(CC(=O)c1ccccc1)S(=O)(=O)c1ccccc1. The molecular formula is C15H15NO3S. The van der Waals surface area contributed by atoms with Gasteiger partial charge in [0.1, 0.15) is 0 Å². The highest BCUT2D eigenvalue weighted by Crippen LogP contribution is 2.14. The topological polar surface area (TPSA) is 54.5 Å². The number of carbonyl (C=O) groups excluding carboxylic acids is 1. The number of Topliss-reactive ketones (excluding diaryl/α,β-unsaturated/α-hetero) is 1. The number of ketones is 1. The van der Waals surface area contributed by atoms with Crippen molar-refractivity contribution in [1.82, 2.24) is 4.31 Å². The van der Waals surface area contributed by atoms with E-state index in [9.17, 15) is 13.2 Å². The summed E-state index contributed by atoms with van der Waals surface area (Å²) < 4.78 is 25.6. The average molecular weight is 289 g/mol. The monoisotopic (exact) mass is 289 g/mol. The Morgan fingerprint density at radius 1 is 0.950 bits per heavy atom. The summed E-state index contributed by atoms with van der Waals surface area (Å²) in [5.74, 6) is -0.229. The quantitative estimate of drug-likeness (QED) is 0.793. The van der Waals surface area contributed by atoms with E-state index in [1.165, 1.54) is 19.2 Å². The highest BCUT2D eigenvalue weighted by Gasteiger charge is 2.22. The molecule has 0 saturated heterocycles. The Hall–Kier alpha value is -1.98. The molecule has 2 aromatic rings. The van der Waals surface area contributed by atoms with Gasteiger partial charge in [0.25, 0.3) is 0 Å². The summed E-state index contributed by atoms with van der Waals surface area (Å²) in [6, 6.07) is 16.7. The summed E-state index contributed by atoms with van der Waals surface area (Å²) in [4.78, 5) is 12.2. The van der Waals surface area contributed by atoms with Gasteiger partial charge in [-0.1, -0.05) is 48.5 Å². The van der Waals surface area contributed by atoms with Crippen molar-refractivity contribution in [3.05, 3.63) is 66.2 Å². The van der Waals surface area contributed by atoms with Gasteiger partial charge in [-0.25, -0.2) is 8.42 Å². The standard InChI is InChI=1S/C15H15NO3S/c1-16(12-15(17)13-8-4-2-5-9-13)20(18,19)14-10-6-3-7-11-14/h2-11H,12H2,1H3. The van der Waals surface area contributed by atoms with Crippen molar-refractivity contribution in [3.63, 3.8) is 0 Å². The minimum absolute atomic E-state index is 0.179. The fourth-order valence-corrected chi connectivity index (χ4v) is 2.92. The molecule has 5 heteroatoms. The molecule has 4 nitrogen and oxygen atoms in total. The Bertz CT molecular complexity index is 682. The first-order valence-electron chi connectivity index (χ1n) is 6.11. The van der Waals surface area contributed by atoms with E-state index in [0.29, 0.717) is 5.56 Å². The van der Waals surface area contributed by atoms with E-state index in [-0.39, 0.29) is 17.2 Å². The third-order valence-electron chi connectivity index (χ3n) is 2.91. The molecule has 0 spiro atoms. The predicted octanol–water partition coefficient (Wildman–Crippen LogP) is 2.19. The van der Waals surface area contributed by atoms with E-state index < -0.39 is 10.0 Å². The number of likely N-dealkylation sites (N-methyl/N-ethyl adjacent to an activating group) is 1. The van der Waals surface area contributed by atoms with Crippen LogP contribution in [0.15, 0.2) is 65.6 Å². The number of hydrogen-bond acceptors (Lipinski definition) is 3. The number of sulfonamides is 1. The van der Waals surface area contributed by atoms with Crippen LogP contribution in [0.4, 0.5) is 0 Å². The van der Waals surface area contributed by atoms with Gasteiger partial charge in [-0.3, -0.25) is 4.79 Å². The van der Waals surface area contributed by atoms with Crippen LogP contribution in [0.1, 0.15) is 10.4 Å². The highest BCUT2D eigenvalue weighted by molar-refractivity contribution is 7.89. The van der Waals surface area contributed by atoms with Crippen molar-refractivity contribution in [2.75, 3.05) is 13.6 Å². The van der Waals surface area contributed by atoms with E-state index >= 15 is 0 Å². The molecule has 0 atom stereocenters. The second kappa shape index (κ2) is 5.98. The van der Waals surface area contributed by atoms with Crippen LogP contribution in [0.2, 0.25) is 0 Å². The zero-order chi connectivity index (χ0) is 14.6. The summed E-state index contributed by atoms with van der Waals surface area (Å²) >= 11 is 0. The molecule has 0 saturated carbocycles. The second-order valence-electron chi connectivity index (χ2n) is 4.36. The minimum atomic E-state index is -3.63. The Balaban J connectivity index is 2.17. The molecule has 0 aliphatic heterocycles. The third-order valence-corrected chi connectivity index (χ3v) is 4.73. The maximum atomic E-state index is 12.3. The van der Waals surface area contributed by atoms with Crippen LogP contribution in [0.3, 0.4) is 0 Å². The highest BCUT2D eigenvalue weighted by atomic mass is 32.2. The summed E-state index contributed by atoms with van der Waals surface area (Å²) in [6.07, 6.45) is 0. The lowest BCUT2D eigenvalue weighted by atomic mass is 10.1. The molecular weight excluding hydrogens is 274 g/mol. The van der Waals surface area contributed by atoms with Crippen LogP contribution in [-0.4, -0.2) is 32.1 Å². The maximum absolute atomic E-state index is 12.3. The maximum Gasteiger partial charge on any atom is 0.243 e. The number of nitrogens with zero attached hydrogens (tertiary/aromatic N) is 1. The molecule has 20 heavy (non-hydrogen) atoms. The largest absolute Gasteiger partial charge is 0.293 e. The molecule has 0 amide bonds. The first-order valence-corrected chi connectivity index (χ1v) is 7.55. The Kier molecular flexibility index (Phi) is 4.32. The van der Waals surface area contributed by atoms with E-state index in [0.717, 1.165) is 4.31 Å². The molecule has 0 unspecified atom stereocenters. The summed E-state index contributed by atoms with van der Waals surface area (Å²) in [5.41, 5.74) is 0.502. The zero-order valence-corrected chi connectivity index (χ0v) is 11.9. The van der Waals surface area contributed by atoms with Gasteiger partial charge in [0.05, 0.1) is 11.4 Å². The molecule has 2 rings (SSSR count). The van der Waals surface area contributed by atoms with Gasteiger partial charge in [-0.15, -0.1) is 0 Å². The lowest BCUT2D eigenvalue weighted by molar-refractivity contribution is 0.0973. The van der Waals surface area contributed by atoms with Crippen molar-refractivity contribution in [3.8, 4) is 0 Å². The van der Waals surface area contributed by atoms with Crippen LogP contribution in [0.5, 0.6) is 0 Å². The summed E-state index contributed by atoms with van der Waals surface area (Å²) in [7, 11) is -2.22. The van der Waals surface area contributed by atoms with Gasteiger partial charge in [0, 0.05) is 12.6 Å².